The van der Waals surface area contributed by atoms with Crippen molar-refractivity contribution >= 4 is 46.2 Å². The van der Waals surface area contributed by atoms with Crippen LogP contribution in [0.1, 0.15) is 93.9 Å². The summed E-state index contributed by atoms with van der Waals surface area (Å²) in [7, 11) is 2.58. The number of hydrogen-bond donors (Lipinski definition) is 4. The third-order valence-electron chi connectivity index (χ3n) is 13.9. The SMILES string of the molecule is COC(=O)N[C@H](C(=O)N1CCC[C@H]1c1ncc(-c2cc(C)c3c(c2)OC(c2ncc(-c4ccncc4)s2)n2c-3cc3cc(-c4cnc([C@@H]5CCCN5C(=O)[C@@H](NC(=O)OC)C(C)C)[nH]4)ccc32)[nH]1)C(C)C. The first kappa shape index (κ1) is 47.2. The van der Waals surface area contributed by atoms with Gasteiger partial charge >= 0.3 is 12.2 Å². The number of rotatable bonds is 12. The van der Waals surface area contributed by atoms with Gasteiger partial charge in [-0.15, -0.1) is 11.3 Å². The molecule has 0 aliphatic carbocycles. The first-order valence-electron chi connectivity index (χ1n) is 24.0. The lowest BCUT2D eigenvalue weighted by atomic mass is 9.98. The van der Waals surface area contributed by atoms with Crippen LogP contribution in [-0.2, 0) is 19.1 Å². The normalized spacial score (nSPS) is 18.3. The summed E-state index contributed by atoms with van der Waals surface area (Å²) < 4.78 is 19.0. The van der Waals surface area contributed by atoms with Crippen molar-refractivity contribution in [1.29, 1.82) is 0 Å². The number of nitrogens with one attached hydrogen (secondary N) is 4. The minimum atomic E-state index is -0.737. The van der Waals surface area contributed by atoms with Gasteiger partial charge in [0.2, 0.25) is 18.0 Å². The molecule has 3 aliphatic heterocycles. The molecule has 19 heteroatoms. The number of likely N-dealkylation sites (tertiary alicyclic amines) is 2. The Bertz CT molecular complexity index is 3140. The van der Waals surface area contributed by atoms with E-state index in [1.807, 2.05) is 68.1 Å². The number of pyridine rings is 1. The van der Waals surface area contributed by atoms with Crippen molar-refractivity contribution in [3.8, 4) is 50.0 Å². The van der Waals surface area contributed by atoms with Gasteiger partial charge < -0.3 is 44.6 Å². The monoisotopic (exact) mass is 979 g/mol. The van der Waals surface area contributed by atoms with Gasteiger partial charge in [-0.05, 0) is 98.0 Å². The van der Waals surface area contributed by atoms with E-state index >= 15 is 0 Å². The predicted molar refractivity (Wildman–Crippen MR) is 267 cm³/mol. The summed E-state index contributed by atoms with van der Waals surface area (Å²) in [5.74, 6) is 1.44. The molecule has 0 spiro atoms. The Labute approximate surface area is 414 Å². The second-order valence-electron chi connectivity index (χ2n) is 19.1. The van der Waals surface area contributed by atoms with Crippen molar-refractivity contribution in [2.75, 3.05) is 27.3 Å². The van der Waals surface area contributed by atoms with Gasteiger partial charge in [0.25, 0.3) is 0 Å². The number of methoxy groups -OCH3 is 2. The Hall–Kier alpha value is -7.54. The van der Waals surface area contributed by atoms with E-state index in [9.17, 15) is 19.2 Å². The number of imidazole rings is 2. The first-order valence-corrected chi connectivity index (χ1v) is 24.9. The maximum atomic E-state index is 13.9. The third kappa shape index (κ3) is 8.87. The second-order valence-corrected chi connectivity index (χ2v) is 20.1. The molecule has 1 unspecified atom stereocenters. The summed E-state index contributed by atoms with van der Waals surface area (Å²) in [5.41, 5.74) is 8.30. The van der Waals surface area contributed by atoms with E-state index in [0.29, 0.717) is 30.5 Å². The van der Waals surface area contributed by atoms with Crippen LogP contribution in [0.3, 0.4) is 0 Å². The van der Waals surface area contributed by atoms with E-state index in [2.05, 4.69) is 67.4 Å². The molecule has 71 heavy (non-hydrogen) atoms. The van der Waals surface area contributed by atoms with Gasteiger partial charge in [0.15, 0.2) is 5.01 Å². The number of fused-ring (bicyclic) bond motifs is 5. The van der Waals surface area contributed by atoms with Crippen LogP contribution < -0.4 is 15.4 Å². The first-order chi connectivity index (χ1) is 34.3. The molecule has 5 atom stereocenters. The van der Waals surface area contributed by atoms with E-state index < -0.39 is 30.5 Å². The summed E-state index contributed by atoms with van der Waals surface area (Å²) in [6.45, 7) is 10.8. The quantitative estimate of drug-likeness (QED) is 0.0907. The number of aryl methyl sites for hydroxylation is 1. The molecule has 10 rings (SSSR count). The van der Waals surface area contributed by atoms with Crippen LogP contribution in [0, 0.1) is 18.8 Å². The summed E-state index contributed by atoms with van der Waals surface area (Å²) in [6, 6.07) is 14.6. The number of benzene rings is 2. The molecule has 0 radical (unpaired) electrons. The number of carbonyl (C=O) groups excluding carboxylic acids is 4. The number of nitrogens with zero attached hydrogens (tertiary/aromatic N) is 7. The Kier molecular flexibility index (Phi) is 12.8. The lowest BCUT2D eigenvalue weighted by molar-refractivity contribution is -0.136. The van der Waals surface area contributed by atoms with Crippen molar-refractivity contribution < 1.29 is 33.4 Å². The number of hydrogen-bond acceptors (Lipinski definition) is 12. The molecule has 8 heterocycles. The highest BCUT2D eigenvalue weighted by Gasteiger charge is 2.40. The fourth-order valence-corrected chi connectivity index (χ4v) is 11.2. The molecule has 0 bridgehead atoms. The minimum absolute atomic E-state index is 0.141. The van der Waals surface area contributed by atoms with Gasteiger partial charge in [0.1, 0.15) is 29.5 Å². The fraction of sp³-hybridized carbons (Fsp3) is 0.385. The molecule has 2 fully saturated rings. The van der Waals surface area contributed by atoms with E-state index in [1.165, 1.54) is 14.2 Å². The zero-order valence-electron chi connectivity index (χ0n) is 40.7. The maximum Gasteiger partial charge on any atom is 0.407 e. The van der Waals surface area contributed by atoms with Crippen molar-refractivity contribution in [3.05, 3.63) is 102 Å². The van der Waals surface area contributed by atoms with Crippen molar-refractivity contribution in [3.63, 3.8) is 0 Å². The van der Waals surface area contributed by atoms with Crippen LogP contribution in [0.25, 0.3) is 55.1 Å². The fourth-order valence-electron chi connectivity index (χ4n) is 10.3. The molecule has 368 valence electrons. The largest absolute Gasteiger partial charge is 0.463 e. The number of alkyl carbamates (subject to hydrolysis) is 2. The zero-order chi connectivity index (χ0) is 49.7. The summed E-state index contributed by atoms with van der Waals surface area (Å²) in [6.07, 6.45) is 10.3. The molecule has 3 aliphatic rings. The summed E-state index contributed by atoms with van der Waals surface area (Å²) >= 11 is 1.57. The smallest absolute Gasteiger partial charge is 0.407 e. The van der Waals surface area contributed by atoms with Crippen molar-refractivity contribution in [2.24, 2.45) is 11.8 Å². The van der Waals surface area contributed by atoms with Gasteiger partial charge in [0, 0.05) is 53.8 Å². The van der Waals surface area contributed by atoms with Crippen LogP contribution in [0.15, 0.2) is 79.5 Å². The van der Waals surface area contributed by atoms with Crippen LogP contribution in [0.5, 0.6) is 5.75 Å². The molecule has 4 N–H and O–H groups in total. The molecular formula is C52H57N11O7S. The molecular weight excluding hydrogens is 923 g/mol. The highest BCUT2D eigenvalue weighted by molar-refractivity contribution is 7.15. The maximum absolute atomic E-state index is 13.9. The zero-order valence-corrected chi connectivity index (χ0v) is 41.5. The van der Waals surface area contributed by atoms with Gasteiger partial charge in [-0.3, -0.25) is 19.1 Å². The van der Waals surface area contributed by atoms with E-state index in [4.69, 9.17) is 29.2 Å². The van der Waals surface area contributed by atoms with E-state index in [0.717, 1.165) is 91.4 Å². The lowest BCUT2D eigenvalue weighted by Gasteiger charge is -2.30. The number of carbonyl (C=O) groups is 4. The molecule has 5 aromatic heterocycles. The number of thiazole rings is 1. The Morgan fingerprint density at radius 1 is 0.732 bits per heavy atom. The molecule has 4 amide bonds. The Morgan fingerprint density at radius 2 is 1.32 bits per heavy atom. The minimum Gasteiger partial charge on any atom is -0.463 e. The standard InChI is InChI=1S/C52H57N11O7S/c1-27(2)43(59-51(66)68-6)48(64)61-18-8-10-37(61)45-54-24-34(57-45)31-12-13-36-33(21-31)22-39-42-29(5)20-32(23-40(42)70-50(63(36)39)47-56-26-41(71-47)30-14-16-53-17-15-30)35-25-55-46(58-35)38-11-9-19-62(38)49(65)44(28(3)4)60-52(67)69-7/h12-17,20-28,37-38,43-44,50H,8-11,18-19H2,1-7H3,(H,54,57)(H,55,58)(H,59,66)(H,60,67)/t37-,38-,43-,44-,50?/m0/s1. The summed E-state index contributed by atoms with van der Waals surface area (Å²) in [4.78, 5) is 82.6. The van der Waals surface area contributed by atoms with Gasteiger partial charge in [-0.2, -0.15) is 0 Å². The van der Waals surface area contributed by atoms with Gasteiger partial charge in [-0.1, -0.05) is 33.8 Å². The predicted octanol–water partition coefficient (Wildman–Crippen LogP) is 8.94. The van der Waals surface area contributed by atoms with Crippen LogP contribution in [0.2, 0.25) is 0 Å². The number of amides is 4. The Morgan fingerprint density at radius 3 is 1.90 bits per heavy atom. The van der Waals surface area contributed by atoms with Crippen molar-refractivity contribution in [2.45, 2.75) is 90.7 Å². The van der Waals surface area contributed by atoms with Gasteiger partial charge in [0.05, 0.1) is 66.2 Å². The highest BCUT2D eigenvalue weighted by Crippen LogP contribution is 2.49. The number of aromatic nitrogens is 7. The topological polar surface area (TPSA) is 215 Å². The Balaban J connectivity index is 0.983. The van der Waals surface area contributed by atoms with E-state index in [-0.39, 0.29) is 35.7 Å². The highest BCUT2D eigenvalue weighted by atomic mass is 32.1. The molecule has 18 nitrogen and oxygen atoms in total. The molecule has 2 aromatic carbocycles. The molecule has 0 saturated carbocycles. The third-order valence-corrected chi connectivity index (χ3v) is 14.9. The average molecular weight is 980 g/mol. The van der Waals surface area contributed by atoms with Gasteiger partial charge in [-0.25, -0.2) is 24.5 Å². The number of aromatic amines is 2. The molecule has 7 aromatic rings. The number of H-pyrrole nitrogens is 2. The lowest BCUT2D eigenvalue weighted by Crippen LogP contribution is -2.51. The van der Waals surface area contributed by atoms with E-state index in [1.54, 1.807) is 29.9 Å². The average Bonchev–Trinajstić information content (AvgIpc) is 4.24. The van der Waals surface area contributed by atoms with Crippen LogP contribution >= 0.6 is 11.3 Å². The number of ether oxygens (including phenoxy) is 3. The molecule has 2 saturated heterocycles. The summed E-state index contributed by atoms with van der Waals surface area (Å²) in [5, 5.41) is 7.22. The second kappa shape index (κ2) is 19.3. The van der Waals surface area contributed by atoms with Crippen LogP contribution in [-0.4, -0.2) is 108 Å². The van der Waals surface area contributed by atoms with Crippen molar-refractivity contribution in [1.82, 2.24) is 54.9 Å². The van der Waals surface area contributed by atoms with Crippen LogP contribution in [0.4, 0.5) is 9.59 Å².